The maximum absolute atomic E-state index is 12.1. The van der Waals surface area contributed by atoms with Gasteiger partial charge in [0.15, 0.2) is 6.61 Å². The highest BCUT2D eigenvalue weighted by atomic mass is 32.1. The molecule has 27 heavy (non-hydrogen) atoms. The third kappa shape index (κ3) is 7.36. The SMILES string of the molecule is O=C(COC(=O)CNC(=O)c1cccs1)Nc1ccc(OC(F)(F)F)cc1. The Bertz CT molecular complexity index is 791. The Balaban J connectivity index is 1.70. The van der Waals surface area contributed by atoms with Crippen LogP contribution in [-0.4, -0.2) is 37.3 Å². The monoisotopic (exact) mass is 402 g/mol. The maximum atomic E-state index is 12.1. The molecule has 0 fully saturated rings. The Morgan fingerprint density at radius 3 is 2.37 bits per heavy atom. The second-order valence-electron chi connectivity index (χ2n) is 4.94. The molecule has 0 spiro atoms. The van der Waals surface area contributed by atoms with Gasteiger partial charge >= 0.3 is 12.3 Å². The van der Waals surface area contributed by atoms with Crippen LogP contribution in [0.2, 0.25) is 0 Å². The van der Waals surface area contributed by atoms with E-state index in [4.69, 9.17) is 4.74 Å². The highest BCUT2D eigenvalue weighted by Crippen LogP contribution is 2.23. The second-order valence-corrected chi connectivity index (χ2v) is 5.89. The smallest absolute Gasteiger partial charge is 0.454 e. The summed E-state index contributed by atoms with van der Waals surface area (Å²) in [6, 6.07) is 7.71. The Morgan fingerprint density at radius 2 is 1.78 bits per heavy atom. The largest absolute Gasteiger partial charge is 0.573 e. The summed E-state index contributed by atoms with van der Waals surface area (Å²) in [6.45, 7) is -1.03. The predicted octanol–water partition coefficient (Wildman–Crippen LogP) is 2.56. The number of carbonyl (C=O) groups is 3. The number of alkyl halides is 3. The van der Waals surface area contributed by atoms with E-state index in [1.54, 1.807) is 17.5 Å². The molecule has 0 aliphatic carbocycles. The van der Waals surface area contributed by atoms with Crippen LogP contribution in [0.1, 0.15) is 9.67 Å². The molecular formula is C16H13F3N2O5S. The number of amides is 2. The zero-order valence-corrected chi connectivity index (χ0v) is 14.4. The summed E-state index contributed by atoms with van der Waals surface area (Å²) in [5.74, 6) is -2.39. The number of hydrogen-bond acceptors (Lipinski definition) is 6. The van der Waals surface area contributed by atoms with Crippen molar-refractivity contribution in [2.24, 2.45) is 0 Å². The van der Waals surface area contributed by atoms with Crippen molar-refractivity contribution in [1.29, 1.82) is 0 Å². The molecule has 0 saturated carbocycles. The fourth-order valence-corrected chi connectivity index (χ4v) is 2.42. The average molecular weight is 402 g/mol. The van der Waals surface area contributed by atoms with E-state index < -0.39 is 43.0 Å². The van der Waals surface area contributed by atoms with Gasteiger partial charge < -0.3 is 20.1 Å². The lowest BCUT2D eigenvalue weighted by atomic mass is 10.3. The predicted molar refractivity (Wildman–Crippen MR) is 89.4 cm³/mol. The highest BCUT2D eigenvalue weighted by molar-refractivity contribution is 7.12. The van der Waals surface area contributed by atoms with Crippen molar-refractivity contribution in [1.82, 2.24) is 5.32 Å². The van der Waals surface area contributed by atoms with Gasteiger partial charge in [0, 0.05) is 5.69 Å². The van der Waals surface area contributed by atoms with Crippen LogP contribution in [0.3, 0.4) is 0 Å². The molecule has 7 nitrogen and oxygen atoms in total. The first-order valence-corrected chi connectivity index (χ1v) is 8.24. The van der Waals surface area contributed by atoms with Gasteiger partial charge in [-0.1, -0.05) is 6.07 Å². The number of hydrogen-bond donors (Lipinski definition) is 2. The molecular weight excluding hydrogens is 389 g/mol. The van der Waals surface area contributed by atoms with Crippen molar-refractivity contribution in [2.45, 2.75) is 6.36 Å². The van der Waals surface area contributed by atoms with E-state index in [-0.39, 0.29) is 5.69 Å². The van der Waals surface area contributed by atoms with E-state index in [0.29, 0.717) is 4.88 Å². The molecule has 0 aliphatic heterocycles. The van der Waals surface area contributed by atoms with Gasteiger partial charge in [-0.05, 0) is 35.7 Å². The van der Waals surface area contributed by atoms with Crippen LogP contribution >= 0.6 is 11.3 Å². The molecule has 1 aromatic carbocycles. The fraction of sp³-hybridized carbons (Fsp3) is 0.188. The van der Waals surface area contributed by atoms with E-state index >= 15 is 0 Å². The Hall–Kier alpha value is -3.08. The summed E-state index contributed by atoms with van der Waals surface area (Å²) in [5.41, 5.74) is 0.191. The third-order valence-electron chi connectivity index (χ3n) is 2.87. The molecule has 0 unspecified atom stereocenters. The number of ether oxygens (including phenoxy) is 2. The summed E-state index contributed by atoms with van der Waals surface area (Å²) >= 11 is 1.21. The van der Waals surface area contributed by atoms with Crippen molar-refractivity contribution < 1.29 is 37.0 Å². The van der Waals surface area contributed by atoms with Crippen LogP contribution in [-0.2, 0) is 14.3 Å². The van der Waals surface area contributed by atoms with Gasteiger partial charge in [-0.3, -0.25) is 14.4 Å². The molecule has 2 amide bonds. The summed E-state index contributed by atoms with van der Waals surface area (Å²) in [4.78, 5) is 35.2. The van der Waals surface area contributed by atoms with Gasteiger partial charge in [-0.15, -0.1) is 24.5 Å². The molecule has 0 radical (unpaired) electrons. The van der Waals surface area contributed by atoms with Gasteiger partial charge in [0.1, 0.15) is 12.3 Å². The molecule has 0 saturated heterocycles. The second kappa shape index (κ2) is 9.03. The molecule has 1 aromatic heterocycles. The third-order valence-corrected chi connectivity index (χ3v) is 3.74. The summed E-state index contributed by atoms with van der Waals surface area (Å²) < 4.78 is 44.6. The molecule has 0 atom stereocenters. The normalized spacial score (nSPS) is 10.8. The Labute approximate surface area is 155 Å². The van der Waals surface area contributed by atoms with E-state index in [1.165, 1.54) is 23.5 Å². The van der Waals surface area contributed by atoms with Crippen LogP contribution in [0.15, 0.2) is 41.8 Å². The first-order valence-electron chi connectivity index (χ1n) is 7.36. The lowest BCUT2D eigenvalue weighted by molar-refractivity contribution is -0.274. The van der Waals surface area contributed by atoms with Gasteiger partial charge in [0.05, 0.1) is 4.88 Å². The van der Waals surface area contributed by atoms with Gasteiger partial charge in [0.25, 0.3) is 11.8 Å². The molecule has 2 N–H and O–H groups in total. The van der Waals surface area contributed by atoms with Crippen molar-refractivity contribution in [2.75, 3.05) is 18.5 Å². The Morgan fingerprint density at radius 1 is 1.07 bits per heavy atom. The number of thiophene rings is 1. The summed E-state index contributed by atoms with van der Waals surface area (Å²) in [5, 5.41) is 6.39. The first kappa shape index (κ1) is 20.2. The highest BCUT2D eigenvalue weighted by Gasteiger charge is 2.30. The molecule has 2 aromatic rings. The van der Waals surface area contributed by atoms with Crippen LogP contribution in [0.25, 0.3) is 0 Å². The minimum absolute atomic E-state index is 0.191. The number of benzene rings is 1. The molecule has 0 aliphatic rings. The number of nitrogens with one attached hydrogen (secondary N) is 2. The quantitative estimate of drug-likeness (QED) is 0.695. The summed E-state index contributed by atoms with van der Waals surface area (Å²) in [7, 11) is 0. The first-order chi connectivity index (χ1) is 12.7. The number of anilines is 1. The van der Waals surface area contributed by atoms with Crippen molar-refractivity contribution >= 4 is 34.8 Å². The van der Waals surface area contributed by atoms with Crippen molar-refractivity contribution in [3.05, 3.63) is 46.7 Å². The van der Waals surface area contributed by atoms with E-state index in [2.05, 4.69) is 15.4 Å². The molecule has 0 bridgehead atoms. The minimum Gasteiger partial charge on any atom is -0.454 e. The number of halogens is 3. The molecule has 11 heteroatoms. The van der Waals surface area contributed by atoms with Gasteiger partial charge in [0.2, 0.25) is 0 Å². The average Bonchev–Trinajstić information content (AvgIpc) is 3.13. The van der Waals surface area contributed by atoms with E-state index in [1.807, 2.05) is 0 Å². The van der Waals surface area contributed by atoms with Crippen molar-refractivity contribution in [3.8, 4) is 5.75 Å². The number of esters is 1. The minimum atomic E-state index is -4.81. The van der Waals surface area contributed by atoms with E-state index in [9.17, 15) is 27.6 Å². The topological polar surface area (TPSA) is 93.7 Å². The lowest BCUT2D eigenvalue weighted by Gasteiger charge is -2.10. The lowest BCUT2D eigenvalue weighted by Crippen LogP contribution is -2.31. The van der Waals surface area contributed by atoms with E-state index in [0.717, 1.165) is 12.1 Å². The van der Waals surface area contributed by atoms with Gasteiger partial charge in [-0.25, -0.2) is 0 Å². The number of rotatable bonds is 7. The Kier molecular flexibility index (Phi) is 6.77. The summed E-state index contributed by atoms with van der Waals surface area (Å²) in [6.07, 6.45) is -4.81. The molecule has 144 valence electrons. The standard InChI is InChI=1S/C16H13F3N2O5S/c17-16(18,19)26-11-5-3-10(4-6-11)21-13(22)9-25-14(23)8-20-15(24)12-2-1-7-27-12/h1-7H,8-9H2,(H,20,24)(H,21,22). The van der Waals surface area contributed by atoms with Crippen molar-refractivity contribution in [3.63, 3.8) is 0 Å². The van der Waals surface area contributed by atoms with Gasteiger partial charge in [-0.2, -0.15) is 0 Å². The molecule has 1 heterocycles. The van der Waals surface area contributed by atoms with Crippen LogP contribution in [0, 0.1) is 0 Å². The molecule has 2 rings (SSSR count). The zero-order chi connectivity index (χ0) is 19.9. The maximum Gasteiger partial charge on any atom is 0.573 e. The zero-order valence-electron chi connectivity index (χ0n) is 13.5. The van der Waals surface area contributed by atoms with Crippen LogP contribution in [0.5, 0.6) is 5.75 Å². The van der Waals surface area contributed by atoms with Crippen LogP contribution < -0.4 is 15.4 Å². The van der Waals surface area contributed by atoms with Crippen LogP contribution in [0.4, 0.5) is 18.9 Å². The number of carbonyl (C=O) groups excluding carboxylic acids is 3. The fourth-order valence-electron chi connectivity index (χ4n) is 1.78.